The average Bonchev–Trinajstić information content (AvgIpc) is 3.90. The van der Waals surface area contributed by atoms with Crippen molar-refractivity contribution in [3.05, 3.63) is 224 Å². The van der Waals surface area contributed by atoms with Gasteiger partial charge in [0.15, 0.2) is 11.6 Å². The van der Waals surface area contributed by atoms with Crippen LogP contribution in [-0.2, 0) is 0 Å². The van der Waals surface area contributed by atoms with E-state index in [1.165, 1.54) is 81.7 Å². The Morgan fingerprint density at radius 2 is 0.712 bits per heavy atom. The van der Waals surface area contributed by atoms with Crippen LogP contribution in [0.1, 0.15) is 0 Å². The molecular formula is C61H37N5. The van der Waals surface area contributed by atoms with Gasteiger partial charge in [-0.15, -0.1) is 0 Å². The summed E-state index contributed by atoms with van der Waals surface area (Å²) in [6.45, 7) is 0. The molecule has 0 bridgehead atoms. The van der Waals surface area contributed by atoms with E-state index < -0.39 is 0 Å². The van der Waals surface area contributed by atoms with Crippen molar-refractivity contribution < 1.29 is 0 Å². The third-order valence-electron chi connectivity index (χ3n) is 13.5. The Morgan fingerprint density at radius 3 is 1.39 bits per heavy atom. The van der Waals surface area contributed by atoms with E-state index in [9.17, 15) is 0 Å². The van der Waals surface area contributed by atoms with Crippen LogP contribution in [0.4, 0.5) is 0 Å². The summed E-state index contributed by atoms with van der Waals surface area (Å²) < 4.78 is 4.65. The summed E-state index contributed by atoms with van der Waals surface area (Å²) in [6, 6.07) is 80.6. The number of nitrogens with zero attached hydrogens (tertiary/aromatic N) is 5. The van der Waals surface area contributed by atoms with E-state index in [0.717, 1.165) is 32.9 Å². The van der Waals surface area contributed by atoms with Gasteiger partial charge >= 0.3 is 0 Å². The van der Waals surface area contributed by atoms with Crippen molar-refractivity contribution >= 4 is 86.7 Å². The molecule has 0 aliphatic heterocycles. The van der Waals surface area contributed by atoms with Crippen molar-refractivity contribution in [1.82, 2.24) is 24.1 Å². The molecule has 5 heteroatoms. The standard InChI is InChI=1S/C61H37N5/c1-3-17-39(18-4-1)59-62-60(40-19-5-2-6-20-40)64-61(63-59)66-56-28-14-12-26-48(56)53-36-50-46-32-30-41(34-49(46)44-23-9-10-24-45(44)51(50)37-58(53)66)42-31-33-57-52(35-42)47-25-11-13-27-55(47)65(57)54-29-15-21-38-16-7-8-22-43(38)54/h1-37H. The zero-order valence-electron chi connectivity index (χ0n) is 35.6. The maximum absolute atomic E-state index is 5.21. The van der Waals surface area contributed by atoms with E-state index in [0.29, 0.717) is 17.6 Å². The third-order valence-corrected chi connectivity index (χ3v) is 13.5. The quantitative estimate of drug-likeness (QED) is 0.162. The van der Waals surface area contributed by atoms with Crippen LogP contribution in [0.5, 0.6) is 0 Å². The van der Waals surface area contributed by atoms with Gasteiger partial charge < -0.3 is 4.57 Å². The van der Waals surface area contributed by atoms with Crippen LogP contribution in [0.2, 0.25) is 0 Å². The van der Waals surface area contributed by atoms with Gasteiger partial charge in [-0.05, 0) is 97.4 Å². The van der Waals surface area contributed by atoms with Crippen LogP contribution in [0.25, 0.3) is 132 Å². The molecular weight excluding hydrogens is 803 g/mol. The minimum absolute atomic E-state index is 0.584. The van der Waals surface area contributed by atoms with E-state index in [2.05, 4.69) is 197 Å². The first-order valence-corrected chi connectivity index (χ1v) is 22.4. The first kappa shape index (κ1) is 36.5. The summed E-state index contributed by atoms with van der Waals surface area (Å²) in [4.78, 5) is 15.4. The monoisotopic (exact) mass is 839 g/mol. The zero-order chi connectivity index (χ0) is 43.3. The lowest BCUT2D eigenvalue weighted by Gasteiger charge is -2.14. The number of para-hydroxylation sites is 2. The normalized spacial score (nSPS) is 11.9. The molecule has 0 saturated heterocycles. The number of aromatic nitrogens is 5. The Balaban J connectivity index is 0.982. The van der Waals surface area contributed by atoms with Gasteiger partial charge in [0, 0.05) is 38.1 Å². The van der Waals surface area contributed by atoms with Crippen LogP contribution in [-0.4, -0.2) is 24.1 Å². The molecule has 0 radical (unpaired) electrons. The maximum atomic E-state index is 5.21. The molecule has 0 fully saturated rings. The fraction of sp³-hybridized carbons (Fsp3) is 0. The second kappa shape index (κ2) is 14.3. The molecule has 5 nitrogen and oxygen atoms in total. The van der Waals surface area contributed by atoms with Gasteiger partial charge in [0.2, 0.25) is 5.95 Å². The van der Waals surface area contributed by atoms with Crippen LogP contribution < -0.4 is 0 Å². The lowest BCUT2D eigenvalue weighted by molar-refractivity contribution is 0.954. The molecule has 14 rings (SSSR count). The average molecular weight is 840 g/mol. The van der Waals surface area contributed by atoms with Gasteiger partial charge in [0.25, 0.3) is 0 Å². The molecule has 0 saturated carbocycles. The molecule has 0 N–H and O–H groups in total. The molecule has 66 heavy (non-hydrogen) atoms. The van der Waals surface area contributed by atoms with Crippen molar-refractivity contribution in [2.75, 3.05) is 0 Å². The van der Waals surface area contributed by atoms with Crippen LogP contribution >= 0.6 is 0 Å². The van der Waals surface area contributed by atoms with Crippen molar-refractivity contribution in [2.45, 2.75) is 0 Å². The zero-order valence-corrected chi connectivity index (χ0v) is 35.6. The fourth-order valence-corrected chi connectivity index (χ4v) is 10.5. The second-order valence-corrected chi connectivity index (χ2v) is 17.2. The summed E-state index contributed by atoms with van der Waals surface area (Å²) >= 11 is 0. The number of hydrogen-bond acceptors (Lipinski definition) is 3. The predicted octanol–water partition coefficient (Wildman–Crippen LogP) is 15.7. The van der Waals surface area contributed by atoms with E-state index in [1.807, 2.05) is 36.4 Å². The van der Waals surface area contributed by atoms with Crippen molar-refractivity contribution in [3.63, 3.8) is 0 Å². The van der Waals surface area contributed by atoms with Gasteiger partial charge in [-0.3, -0.25) is 4.57 Å². The number of hydrogen-bond donors (Lipinski definition) is 0. The predicted molar refractivity (Wildman–Crippen MR) is 275 cm³/mol. The molecule has 14 aromatic rings. The summed E-state index contributed by atoms with van der Waals surface area (Å²) in [7, 11) is 0. The van der Waals surface area contributed by atoms with Crippen molar-refractivity contribution in [3.8, 4) is 45.5 Å². The highest BCUT2D eigenvalue weighted by atomic mass is 15.2. The maximum Gasteiger partial charge on any atom is 0.238 e. The molecule has 0 amide bonds. The van der Waals surface area contributed by atoms with E-state index in [-0.39, 0.29) is 0 Å². The van der Waals surface area contributed by atoms with Gasteiger partial charge in [-0.1, -0.05) is 176 Å². The number of fused-ring (bicyclic) bond motifs is 13. The Kier molecular flexibility index (Phi) is 7.91. The topological polar surface area (TPSA) is 48.5 Å². The highest BCUT2D eigenvalue weighted by molar-refractivity contribution is 6.29. The smallest absolute Gasteiger partial charge is 0.238 e. The molecule has 0 spiro atoms. The van der Waals surface area contributed by atoms with Gasteiger partial charge in [0.1, 0.15) is 0 Å². The molecule has 3 heterocycles. The number of rotatable bonds is 5. The van der Waals surface area contributed by atoms with Gasteiger partial charge in [0.05, 0.1) is 27.8 Å². The highest BCUT2D eigenvalue weighted by Gasteiger charge is 2.21. The largest absolute Gasteiger partial charge is 0.309 e. The minimum atomic E-state index is 0.584. The van der Waals surface area contributed by atoms with Crippen molar-refractivity contribution in [2.24, 2.45) is 0 Å². The van der Waals surface area contributed by atoms with Crippen molar-refractivity contribution in [1.29, 1.82) is 0 Å². The van der Waals surface area contributed by atoms with Gasteiger partial charge in [-0.25, -0.2) is 4.98 Å². The molecule has 11 aromatic carbocycles. The third kappa shape index (κ3) is 5.50. The second-order valence-electron chi connectivity index (χ2n) is 17.2. The fourth-order valence-electron chi connectivity index (χ4n) is 10.5. The Morgan fingerprint density at radius 1 is 0.242 bits per heavy atom. The van der Waals surface area contributed by atoms with Crippen LogP contribution in [0.3, 0.4) is 0 Å². The summed E-state index contributed by atoms with van der Waals surface area (Å²) in [6.07, 6.45) is 0. The lowest BCUT2D eigenvalue weighted by atomic mass is 9.91. The first-order chi connectivity index (χ1) is 32.7. The summed E-state index contributed by atoms with van der Waals surface area (Å²) in [5, 5.41) is 14.5. The Hall–Kier alpha value is -8.93. The summed E-state index contributed by atoms with van der Waals surface area (Å²) in [5.74, 6) is 1.85. The Labute approximate surface area is 379 Å². The SMILES string of the molecule is c1ccc(-c2nc(-c3ccccc3)nc(-n3c4ccccc4c4cc5c6ccc(-c7ccc8c(c7)c7ccccc7n8-c7cccc8ccccc78)cc6c6ccccc6c5cc43)n2)cc1. The lowest BCUT2D eigenvalue weighted by Crippen LogP contribution is -2.06. The summed E-state index contributed by atoms with van der Waals surface area (Å²) in [5.41, 5.74) is 9.93. The highest BCUT2D eigenvalue weighted by Crippen LogP contribution is 2.43. The molecule has 0 atom stereocenters. The van der Waals surface area contributed by atoms with E-state index >= 15 is 0 Å². The van der Waals surface area contributed by atoms with E-state index in [4.69, 9.17) is 15.0 Å². The number of benzene rings is 11. The molecule has 0 aliphatic rings. The minimum Gasteiger partial charge on any atom is -0.309 e. The van der Waals surface area contributed by atoms with Crippen LogP contribution in [0, 0.1) is 0 Å². The molecule has 306 valence electrons. The van der Waals surface area contributed by atoms with Crippen LogP contribution in [0.15, 0.2) is 224 Å². The van der Waals surface area contributed by atoms with E-state index in [1.54, 1.807) is 0 Å². The molecule has 0 aliphatic carbocycles. The molecule has 3 aromatic heterocycles. The first-order valence-electron chi connectivity index (χ1n) is 22.4. The molecule has 0 unspecified atom stereocenters. The Bertz CT molecular complexity index is 4220. The van der Waals surface area contributed by atoms with Gasteiger partial charge in [-0.2, -0.15) is 9.97 Å².